The fraction of sp³-hybridized carbons (Fsp3) is 1.00. The lowest BCUT2D eigenvalue weighted by Crippen LogP contribution is -1.85. The van der Waals surface area contributed by atoms with E-state index in [1.54, 1.807) is 20.8 Å². The summed E-state index contributed by atoms with van der Waals surface area (Å²) in [5.74, 6) is 0. The fourth-order valence-electron chi connectivity index (χ4n) is 2.66. The Balaban J connectivity index is -0.000000269. The van der Waals surface area contributed by atoms with Crippen molar-refractivity contribution < 1.29 is 20.4 Å². The smallest absolute Gasteiger partial charge is 0.0431 e. The maximum absolute atomic E-state index is 8.67. The van der Waals surface area contributed by atoms with Crippen molar-refractivity contribution in [2.75, 3.05) is 26.4 Å². The maximum Gasteiger partial charge on any atom is 0.0431 e. The second kappa shape index (κ2) is 45.5. The van der Waals surface area contributed by atoms with Crippen LogP contribution in [0.3, 0.4) is 0 Å². The summed E-state index contributed by atoms with van der Waals surface area (Å²) in [7, 11) is 0. The monoisotopic (exact) mass is 408 g/mol. The van der Waals surface area contributed by atoms with Crippen molar-refractivity contribution in [2.24, 2.45) is 0 Å². The summed E-state index contributed by atoms with van der Waals surface area (Å²) in [5.41, 5.74) is 0. The molecule has 0 bridgehead atoms. The normalized spacial score (nSPS) is 9.43. The first kappa shape index (κ1) is 35.3. The molecule has 4 nitrogen and oxygen atoms in total. The molecule has 0 atom stereocenters. The third kappa shape index (κ3) is 63.5. The van der Waals surface area contributed by atoms with Crippen LogP contribution in [-0.4, -0.2) is 46.9 Å². The molecule has 0 radical (unpaired) electrons. The van der Waals surface area contributed by atoms with E-state index in [0.717, 1.165) is 6.42 Å². The van der Waals surface area contributed by atoms with E-state index in [-0.39, 0.29) is 19.8 Å². The molecule has 0 spiro atoms. The van der Waals surface area contributed by atoms with Crippen molar-refractivity contribution in [1.82, 2.24) is 0 Å². The SMILES string of the molecule is CCCCCCCCCCCCCCCCCCO.CCO.CCO.CCO. The molecular formula is C24H56O4. The van der Waals surface area contributed by atoms with E-state index in [2.05, 4.69) is 6.92 Å². The van der Waals surface area contributed by atoms with Gasteiger partial charge in [0.15, 0.2) is 0 Å². The molecule has 176 valence electrons. The molecule has 0 rings (SSSR count). The highest BCUT2D eigenvalue weighted by atomic mass is 16.3. The topological polar surface area (TPSA) is 80.9 Å². The number of hydrogen-bond acceptors (Lipinski definition) is 4. The zero-order valence-corrected chi connectivity index (χ0v) is 19.9. The third-order valence-corrected chi connectivity index (χ3v) is 4.01. The van der Waals surface area contributed by atoms with Crippen LogP contribution in [0.2, 0.25) is 0 Å². The standard InChI is InChI=1S/C18H38O.3C2H6O/c1-2-3-4-5-6-7-8-9-10-11-12-13-14-15-16-17-18-19;3*1-2-3/h19H,2-18H2,1H3;3*3H,2H2,1H3. The van der Waals surface area contributed by atoms with Gasteiger partial charge in [0.1, 0.15) is 0 Å². The van der Waals surface area contributed by atoms with Crippen LogP contribution in [0.4, 0.5) is 0 Å². The molecule has 28 heavy (non-hydrogen) atoms. The minimum Gasteiger partial charge on any atom is -0.397 e. The zero-order chi connectivity index (χ0) is 22.1. The maximum atomic E-state index is 8.67. The van der Waals surface area contributed by atoms with Crippen molar-refractivity contribution in [3.8, 4) is 0 Å². The predicted molar refractivity (Wildman–Crippen MR) is 125 cm³/mol. The van der Waals surface area contributed by atoms with Crippen LogP contribution < -0.4 is 0 Å². The molecule has 0 amide bonds. The van der Waals surface area contributed by atoms with Crippen LogP contribution in [0.25, 0.3) is 0 Å². The van der Waals surface area contributed by atoms with Gasteiger partial charge in [0.2, 0.25) is 0 Å². The van der Waals surface area contributed by atoms with Gasteiger partial charge in [-0.3, -0.25) is 0 Å². The Hall–Kier alpha value is -0.160. The van der Waals surface area contributed by atoms with Gasteiger partial charge in [0.25, 0.3) is 0 Å². The molecule has 0 aliphatic carbocycles. The molecule has 4 N–H and O–H groups in total. The second-order valence-electron chi connectivity index (χ2n) is 6.98. The van der Waals surface area contributed by atoms with Gasteiger partial charge in [-0.25, -0.2) is 0 Å². The first-order valence-electron chi connectivity index (χ1n) is 12.1. The van der Waals surface area contributed by atoms with Crippen LogP contribution in [0, 0.1) is 0 Å². The number of aliphatic hydroxyl groups is 4. The summed E-state index contributed by atoms with van der Waals surface area (Å²) in [6.45, 7) is 8.45. The Labute approximate surface area is 177 Å². The summed E-state index contributed by atoms with van der Waals surface area (Å²) in [5, 5.41) is 31.4. The lowest BCUT2D eigenvalue weighted by molar-refractivity contribution is 0.282. The van der Waals surface area contributed by atoms with Crippen molar-refractivity contribution in [3.63, 3.8) is 0 Å². The highest BCUT2D eigenvalue weighted by Gasteiger charge is 1.94. The van der Waals surface area contributed by atoms with Crippen LogP contribution >= 0.6 is 0 Å². The van der Waals surface area contributed by atoms with E-state index in [9.17, 15) is 0 Å². The van der Waals surface area contributed by atoms with Gasteiger partial charge in [-0.1, -0.05) is 103 Å². The van der Waals surface area contributed by atoms with Gasteiger partial charge in [0, 0.05) is 26.4 Å². The van der Waals surface area contributed by atoms with Crippen LogP contribution in [-0.2, 0) is 0 Å². The number of unbranched alkanes of at least 4 members (excludes halogenated alkanes) is 15. The molecule has 0 aliphatic heterocycles. The lowest BCUT2D eigenvalue weighted by atomic mass is 10.0. The first-order valence-corrected chi connectivity index (χ1v) is 12.1. The zero-order valence-electron chi connectivity index (χ0n) is 19.9. The van der Waals surface area contributed by atoms with Gasteiger partial charge < -0.3 is 20.4 Å². The van der Waals surface area contributed by atoms with Crippen molar-refractivity contribution in [3.05, 3.63) is 0 Å². The Morgan fingerprint density at radius 1 is 0.321 bits per heavy atom. The summed E-state index contributed by atoms with van der Waals surface area (Å²) >= 11 is 0. The average Bonchev–Trinajstić information content (AvgIpc) is 2.67. The van der Waals surface area contributed by atoms with E-state index >= 15 is 0 Å². The molecule has 0 aromatic carbocycles. The number of rotatable bonds is 16. The van der Waals surface area contributed by atoms with Crippen molar-refractivity contribution in [1.29, 1.82) is 0 Å². The molecule has 0 aromatic heterocycles. The molecule has 0 unspecified atom stereocenters. The highest BCUT2D eigenvalue weighted by molar-refractivity contribution is 4.49. The van der Waals surface area contributed by atoms with E-state index in [4.69, 9.17) is 20.4 Å². The van der Waals surface area contributed by atoms with Gasteiger partial charge in [0.05, 0.1) is 0 Å². The van der Waals surface area contributed by atoms with Crippen LogP contribution in [0.5, 0.6) is 0 Å². The second-order valence-corrected chi connectivity index (χ2v) is 6.98. The van der Waals surface area contributed by atoms with Gasteiger partial charge >= 0.3 is 0 Å². The Morgan fingerprint density at radius 2 is 0.500 bits per heavy atom. The quantitative estimate of drug-likeness (QED) is 0.228. The predicted octanol–water partition coefficient (Wildman–Crippen LogP) is 6.24. The first-order chi connectivity index (χ1) is 13.7. The fourth-order valence-corrected chi connectivity index (χ4v) is 2.66. The minimum absolute atomic E-state index is 0.250. The lowest BCUT2D eigenvalue weighted by Gasteiger charge is -2.03. The summed E-state index contributed by atoms with van der Waals surface area (Å²) in [6.07, 6.45) is 22.2. The van der Waals surface area contributed by atoms with Crippen molar-refractivity contribution in [2.45, 2.75) is 130 Å². The summed E-state index contributed by atoms with van der Waals surface area (Å²) in [6, 6.07) is 0. The molecule has 0 aliphatic rings. The van der Waals surface area contributed by atoms with Crippen molar-refractivity contribution >= 4 is 0 Å². The number of hydrogen-bond donors (Lipinski definition) is 4. The molecule has 0 heterocycles. The minimum atomic E-state index is 0.250. The molecule has 0 aromatic rings. The largest absolute Gasteiger partial charge is 0.397 e. The molecule has 0 fully saturated rings. The van der Waals surface area contributed by atoms with Crippen LogP contribution in [0.15, 0.2) is 0 Å². The third-order valence-electron chi connectivity index (χ3n) is 4.01. The number of aliphatic hydroxyl groups excluding tert-OH is 4. The Bertz CT molecular complexity index is 169. The van der Waals surface area contributed by atoms with Gasteiger partial charge in [-0.2, -0.15) is 0 Å². The highest BCUT2D eigenvalue weighted by Crippen LogP contribution is 2.13. The van der Waals surface area contributed by atoms with E-state index in [1.165, 1.54) is 96.3 Å². The van der Waals surface area contributed by atoms with Gasteiger partial charge in [-0.15, -0.1) is 0 Å². The van der Waals surface area contributed by atoms with E-state index in [0.29, 0.717) is 6.61 Å². The molecule has 0 saturated carbocycles. The van der Waals surface area contributed by atoms with Gasteiger partial charge in [-0.05, 0) is 27.2 Å². The summed E-state index contributed by atoms with van der Waals surface area (Å²) in [4.78, 5) is 0. The average molecular weight is 409 g/mol. The Kier molecular flexibility index (Phi) is 57.4. The molecule has 0 saturated heterocycles. The summed E-state index contributed by atoms with van der Waals surface area (Å²) < 4.78 is 0. The molecule has 4 heteroatoms. The van der Waals surface area contributed by atoms with E-state index in [1.807, 2.05) is 0 Å². The Morgan fingerprint density at radius 3 is 0.679 bits per heavy atom. The molecular weight excluding hydrogens is 352 g/mol. The van der Waals surface area contributed by atoms with Crippen LogP contribution in [0.1, 0.15) is 130 Å². The van der Waals surface area contributed by atoms with E-state index < -0.39 is 0 Å².